The van der Waals surface area contributed by atoms with Crippen molar-refractivity contribution in [2.24, 2.45) is 0 Å². The van der Waals surface area contributed by atoms with Crippen LogP contribution in [0.5, 0.6) is 0 Å². The molecule has 64 valence electrons. The molecule has 0 fully saturated rings. The molecule has 1 nitrogen and oxygen atoms in total. The minimum atomic E-state index is 0.796. The Morgan fingerprint density at radius 3 is 2.92 bits per heavy atom. The SMILES string of the molecule is BrCCc1ccc2c(c1)COC2. The summed E-state index contributed by atoms with van der Waals surface area (Å²) in [6.45, 7) is 1.59. The summed E-state index contributed by atoms with van der Waals surface area (Å²) in [6, 6.07) is 6.62. The van der Waals surface area contributed by atoms with Crippen LogP contribution in [0.1, 0.15) is 16.7 Å². The third-order valence-corrected chi connectivity index (χ3v) is 2.57. The minimum Gasteiger partial charge on any atom is -0.372 e. The molecule has 1 aromatic carbocycles. The number of halogens is 1. The number of hydrogen-bond donors (Lipinski definition) is 0. The third-order valence-electron chi connectivity index (χ3n) is 2.17. The maximum Gasteiger partial charge on any atom is 0.0725 e. The first-order valence-corrected chi connectivity index (χ1v) is 5.26. The van der Waals surface area contributed by atoms with Crippen molar-refractivity contribution in [2.45, 2.75) is 19.6 Å². The molecule has 0 unspecified atom stereocenters. The highest BCUT2D eigenvalue weighted by Crippen LogP contribution is 2.21. The van der Waals surface area contributed by atoms with Crippen LogP contribution in [0.25, 0.3) is 0 Å². The lowest BCUT2D eigenvalue weighted by molar-refractivity contribution is 0.134. The first kappa shape index (κ1) is 8.27. The van der Waals surface area contributed by atoms with Crippen LogP contribution in [0.4, 0.5) is 0 Å². The minimum absolute atomic E-state index is 0.796. The van der Waals surface area contributed by atoms with E-state index in [4.69, 9.17) is 4.74 Å². The van der Waals surface area contributed by atoms with Gasteiger partial charge in [-0.1, -0.05) is 34.1 Å². The average molecular weight is 227 g/mol. The van der Waals surface area contributed by atoms with Crippen LogP contribution in [0.2, 0.25) is 0 Å². The van der Waals surface area contributed by atoms with Gasteiger partial charge in [-0.3, -0.25) is 0 Å². The Bertz CT molecular complexity index is 283. The monoisotopic (exact) mass is 226 g/mol. The maximum atomic E-state index is 5.34. The molecule has 0 bridgehead atoms. The number of fused-ring (bicyclic) bond motifs is 1. The molecule has 0 aliphatic carbocycles. The molecular weight excluding hydrogens is 216 g/mol. The van der Waals surface area contributed by atoms with Gasteiger partial charge in [0.25, 0.3) is 0 Å². The fourth-order valence-corrected chi connectivity index (χ4v) is 1.95. The number of benzene rings is 1. The van der Waals surface area contributed by atoms with Crippen molar-refractivity contribution >= 4 is 15.9 Å². The molecule has 0 N–H and O–H groups in total. The van der Waals surface area contributed by atoms with Crippen LogP contribution in [0.3, 0.4) is 0 Å². The van der Waals surface area contributed by atoms with Crippen molar-refractivity contribution in [3.8, 4) is 0 Å². The van der Waals surface area contributed by atoms with Gasteiger partial charge in [0.2, 0.25) is 0 Å². The zero-order valence-electron chi connectivity index (χ0n) is 6.85. The van der Waals surface area contributed by atoms with Gasteiger partial charge >= 0.3 is 0 Å². The Morgan fingerprint density at radius 2 is 2.08 bits per heavy atom. The molecule has 1 aliphatic rings. The van der Waals surface area contributed by atoms with E-state index in [2.05, 4.69) is 34.1 Å². The van der Waals surface area contributed by atoms with E-state index in [0.29, 0.717) is 0 Å². The number of ether oxygens (including phenoxy) is 1. The predicted octanol–water partition coefficient (Wildman–Crippen LogP) is 2.65. The second-order valence-corrected chi connectivity index (χ2v) is 3.83. The van der Waals surface area contributed by atoms with E-state index in [-0.39, 0.29) is 0 Å². The molecule has 0 spiro atoms. The van der Waals surface area contributed by atoms with E-state index in [9.17, 15) is 0 Å². The van der Waals surface area contributed by atoms with Crippen molar-refractivity contribution in [3.05, 3.63) is 34.9 Å². The Balaban J connectivity index is 2.26. The zero-order chi connectivity index (χ0) is 8.39. The number of hydrogen-bond acceptors (Lipinski definition) is 1. The lowest BCUT2D eigenvalue weighted by atomic mass is 10.1. The van der Waals surface area contributed by atoms with Gasteiger partial charge in [-0.2, -0.15) is 0 Å². The maximum absolute atomic E-state index is 5.34. The molecule has 0 saturated carbocycles. The van der Waals surface area contributed by atoms with Gasteiger partial charge in [0, 0.05) is 5.33 Å². The number of alkyl halides is 1. The van der Waals surface area contributed by atoms with Crippen LogP contribution < -0.4 is 0 Å². The first-order chi connectivity index (χ1) is 5.90. The summed E-state index contributed by atoms with van der Waals surface area (Å²) in [5.74, 6) is 0. The largest absolute Gasteiger partial charge is 0.372 e. The molecule has 2 heteroatoms. The number of aryl methyl sites for hydroxylation is 1. The van der Waals surface area contributed by atoms with Crippen LogP contribution in [-0.4, -0.2) is 5.33 Å². The van der Waals surface area contributed by atoms with E-state index in [1.807, 2.05) is 0 Å². The zero-order valence-corrected chi connectivity index (χ0v) is 8.43. The van der Waals surface area contributed by atoms with E-state index < -0.39 is 0 Å². The molecular formula is C10H11BrO. The van der Waals surface area contributed by atoms with Crippen molar-refractivity contribution in [2.75, 3.05) is 5.33 Å². The van der Waals surface area contributed by atoms with E-state index in [0.717, 1.165) is 25.0 Å². The van der Waals surface area contributed by atoms with Gasteiger partial charge in [-0.15, -0.1) is 0 Å². The Kier molecular flexibility index (Phi) is 2.47. The molecule has 1 aromatic rings. The molecule has 0 saturated heterocycles. The topological polar surface area (TPSA) is 9.23 Å². The fraction of sp³-hybridized carbons (Fsp3) is 0.400. The highest BCUT2D eigenvalue weighted by atomic mass is 79.9. The van der Waals surface area contributed by atoms with Crippen LogP contribution in [0, 0.1) is 0 Å². The summed E-state index contributed by atoms with van der Waals surface area (Å²) in [5.41, 5.74) is 4.12. The highest BCUT2D eigenvalue weighted by molar-refractivity contribution is 9.09. The van der Waals surface area contributed by atoms with E-state index in [1.54, 1.807) is 0 Å². The van der Waals surface area contributed by atoms with Crippen molar-refractivity contribution in [3.63, 3.8) is 0 Å². The highest BCUT2D eigenvalue weighted by Gasteiger charge is 2.10. The van der Waals surface area contributed by atoms with Gasteiger partial charge < -0.3 is 4.74 Å². The van der Waals surface area contributed by atoms with Crippen molar-refractivity contribution < 1.29 is 4.74 Å². The van der Waals surface area contributed by atoms with Gasteiger partial charge in [0.05, 0.1) is 13.2 Å². The second-order valence-electron chi connectivity index (χ2n) is 3.03. The normalized spacial score (nSPS) is 14.8. The summed E-state index contributed by atoms with van der Waals surface area (Å²) in [7, 11) is 0. The average Bonchev–Trinajstić information content (AvgIpc) is 2.51. The van der Waals surface area contributed by atoms with Crippen LogP contribution in [-0.2, 0) is 24.4 Å². The molecule has 0 radical (unpaired) electrons. The predicted molar refractivity (Wildman–Crippen MR) is 52.4 cm³/mol. The standard InChI is InChI=1S/C10H11BrO/c11-4-3-8-1-2-9-6-12-7-10(9)5-8/h1-2,5H,3-4,6-7H2. The van der Waals surface area contributed by atoms with Gasteiger partial charge in [-0.05, 0) is 23.1 Å². The molecule has 0 atom stereocenters. The van der Waals surface area contributed by atoms with Gasteiger partial charge in [0.1, 0.15) is 0 Å². The molecule has 0 aromatic heterocycles. The van der Waals surface area contributed by atoms with Crippen LogP contribution in [0.15, 0.2) is 18.2 Å². The van der Waals surface area contributed by atoms with Crippen LogP contribution >= 0.6 is 15.9 Å². The Hall–Kier alpha value is -0.340. The molecule has 0 amide bonds. The summed E-state index contributed by atoms with van der Waals surface area (Å²) in [6.07, 6.45) is 1.10. The molecule has 2 rings (SSSR count). The molecule has 1 heterocycles. The first-order valence-electron chi connectivity index (χ1n) is 4.14. The number of rotatable bonds is 2. The molecule has 1 aliphatic heterocycles. The van der Waals surface area contributed by atoms with Gasteiger partial charge in [0.15, 0.2) is 0 Å². The summed E-state index contributed by atoms with van der Waals surface area (Å²) in [4.78, 5) is 0. The summed E-state index contributed by atoms with van der Waals surface area (Å²) >= 11 is 3.44. The fourth-order valence-electron chi connectivity index (χ4n) is 1.49. The Morgan fingerprint density at radius 1 is 1.25 bits per heavy atom. The van der Waals surface area contributed by atoms with E-state index >= 15 is 0 Å². The smallest absolute Gasteiger partial charge is 0.0725 e. The summed E-state index contributed by atoms with van der Waals surface area (Å²) < 4.78 is 5.34. The van der Waals surface area contributed by atoms with E-state index in [1.165, 1.54) is 16.7 Å². The lowest BCUT2D eigenvalue weighted by Crippen LogP contribution is -1.89. The van der Waals surface area contributed by atoms with Crippen molar-refractivity contribution in [1.29, 1.82) is 0 Å². The second kappa shape index (κ2) is 3.58. The third kappa shape index (κ3) is 1.54. The quantitative estimate of drug-likeness (QED) is 0.705. The van der Waals surface area contributed by atoms with Crippen molar-refractivity contribution in [1.82, 2.24) is 0 Å². The van der Waals surface area contributed by atoms with Gasteiger partial charge in [-0.25, -0.2) is 0 Å². The summed E-state index contributed by atoms with van der Waals surface area (Å²) in [5, 5.41) is 1.03. The lowest BCUT2D eigenvalue weighted by Gasteiger charge is -2.00. The Labute approximate surface area is 80.9 Å². The molecule has 12 heavy (non-hydrogen) atoms.